The van der Waals surface area contributed by atoms with Crippen LogP contribution in [-0.2, 0) is 29.8 Å². The number of fused-ring (bicyclic) bond motifs is 1. The summed E-state index contributed by atoms with van der Waals surface area (Å²) in [6.45, 7) is 1.98. The third kappa shape index (κ3) is 5.87. The predicted octanol–water partition coefficient (Wildman–Crippen LogP) is 3.99. The molecular weight excluding hydrogens is 495 g/mol. The number of aromatic nitrogens is 1. The van der Waals surface area contributed by atoms with Crippen molar-refractivity contribution in [2.75, 3.05) is 11.4 Å². The summed E-state index contributed by atoms with van der Waals surface area (Å²) in [5.74, 6) is -1.25. The molecule has 3 aromatic rings. The summed E-state index contributed by atoms with van der Waals surface area (Å²) in [5.41, 5.74) is 2.60. The number of rotatable bonds is 7. The van der Waals surface area contributed by atoms with E-state index < -0.39 is 21.9 Å². The van der Waals surface area contributed by atoms with Gasteiger partial charge in [0.05, 0.1) is 17.4 Å². The van der Waals surface area contributed by atoms with Crippen LogP contribution in [0.5, 0.6) is 5.75 Å². The standard InChI is InChI=1S/C27H27FN4O4S/c1-19-7-6-14-29-16-24(33)25-23(18-32(27(25)34)17-21-10-12-22(28)13-11-21)26(19)31(2)37(35,36)30-15-20-8-4-3-5-9-20/h3-14,16,30,33H,15,17-18H2,1-2H3. The highest BCUT2D eigenvalue weighted by Crippen LogP contribution is 2.37. The Morgan fingerprint density at radius 3 is 2.46 bits per heavy atom. The normalized spacial score (nSPS) is 12.7. The van der Waals surface area contributed by atoms with E-state index >= 15 is 0 Å². The number of hydrogen-bond acceptors (Lipinski definition) is 5. The number of anilines is 1. The van der Waals surface area contributed by atoms with Crippen molar-refractivity contribution in [1.29, 1.82) is 0 Å². The maximum atomic E-state index is 13.4. The molecule has 2 aromatic carbocycles. The van der Waals surface area contributed by atoms with E-state index in [2.05, 4.69) is 9.71 Å². The van der Waals surface area contributed by atoms with Gasteiger partial charge >= 0.3 is 10.2 Å². The lowest BCUT2D eigenvalue weighted by atomic mass is 10.1. The van der Waals surface area contributed by atoms with Crippen molar-refractivity contribution in [2.24, 2.45) is 0 Å². The molecule has 8 nitrogen and oxygen atoms in total. The molecule has 2 heterocycles. The van der Waals surface area contributed by atoms with Crippen LogP contribution in [0.1, 0.15) is 32.6 Å². The molecule has 1 aliphatic heterocycles. The Bertz CT molecular complexity index is 1460. The van der Waals surface area contributed by atoms with Crippen LogP contribution in [0.15, 0.2) is 79.1 Å². The molecule has 192 valence electrons. The first-order chi connectivity index (χ1) is 17.7. The van der Waals surface area contributed by atoms with Gasteiger partial charge in [0.1, 0.15) is 11.6 Å². The minimum absolute atomic E-state index is 0.0333. The van der Waals surface area contributed by atoms with Crippen LogP contribution in [0.3, 0.4) is 0 Å². The van der Waals surface area contributed by atoms with Crippen molar-refractivity contribution in [2.45, 2.75) is 26.6 Å². The molecule has 10 heteroatoms. The van der Waals surface area contributed by atoms with Gasteiger partial charge in [-0.2, -0.15) is 13.1 Å². The number of halogens is 1. The van der Waals surface area contributed by atoms with E-state index in [1.807, 2.05) is 30.3 Å². The van der Waals surface area contributed by atoms with Crippen molar-refractivity contribution in [3.8, 4) is 5.75 Å². The summed E-state index contributed by atoms with van der Waals surface area (Å²) in [6, 6.07) is 18.2. The third-order valence-corrected chi connectivity index (χ3v) is 7.46. The number of nitrogens with zero attached hydrogens (tertiary/aromatic N) is 3. The fraction of sp³-hybridized carbons (Fsp3) is 0.185. The lowest BCUT2D eigenvalue weighted by Gasteiger charge is -2.24. The highest BCUT2D eigenvalue weighted by molar-refractivity contribution is 7.90. The molecule has 1 aliphatic rings. The third-order valence-electron chi connectivity index (χ3n) is 6.05. The first-order valence-corrected chi connectivity index (χ1v) is 13.0. The second-order valence-corrected chi connectivity index (χ2v) is 10.4. The van der Waals surface area contributed by atoms with Gasteiger partial charge < -0.3 is 10.0 Å². The Balaban J connectivity index is 1.79. The molecular formula is C27H27FN4O4S. The van der Waals surface area contributed by atoms with Crippen molar-refractivity contribution < 1.29 is 22.7 Å². The van der Waals surface area contributed by atoms with Gasteiger partial charge in [0.15, 0.2) is 0 Å². The molecule has 4 rings (SSSR count). The van der Waals surface area contributed by atoms with Gasteiger partial charge in [-0.3, -0.25) is 14.1 Å². The van der Waals surface area contributed by atoms with E-state index in [4.69, 9.17) is 0 Å². The zero-order chi connectivity index (χ0) is 26.6. The Labute approximate surface area is 215 Å². The summed E-state index contributed by atoms with van der Waals surface area (Å²) in [7, 11) is -2.64. The van der Waals surface area contributed by atoms with Crippen LogP contribution in [0, 0.1) is 12.7 Å². The molecule has 0 fully saturated rings. The number of aromatic hydroxyl groups is 1. The summed E-state index contributed by atoms with van der Waals surface area (Å²) >= 11 is 0. The Morgan fingerprint density at radius 1 is 1.05 bits per heavy atom. The highest BCUT2D eigenvalue weighted by atomic mass is 32.2. The van der Waals surface area contributed by atoms with E-state index in [0.717, 1.165) is 16.1 Å². The molecule has 0 bridgehead atoms. The van der Waals surface area contributed by atoms with Gasteiger partial charge in [-0.1, -0.05) is 48.5 Å². The summed E-state index contributed by atoms with van der Waals surface area (Å²) in [6.07, 6.45) is 2.58. The van der Waals surface area contributed by atoms with E-state index in [1.165, 1.54) is 30.3 Å². The number of hydrogen-bond donors (Lipinski definition) is 2. The van der Waals surface area contributed by atoms with Crippen molar-refractivity contribution >= 4 is 21.8 Å². The maximum Gasteiger partial charge on any atom is 0.301 e. The fourth-order valence-electron chi connectivity index (χ4n) is 4.18. The lowest BCUT2D eigenvalue weighted by Crippen LogP contribution is -2.38. The van der Waals surface area contributed by atoms with Crippen molar-refractivity contribution in [3.05, 3.63) is 113 Å². The van der Waals surface area contributed by atoms with E-state index in [9.17, 15) is 22.7 Å². The first kappa shape index (κ1) is 26.1. The number of amides is 1. The average molecular weight is 523 g/mol. The molecule has 37 heavy (non-hydrogen) atoms. The van der Waals surface area contributed by atoms with Crippen molar-refractivity contribution in [3.63, 3.8) is 0 Å². The van der Waals surface area contributed by atoms with Crippen LogP contribution in [0.25, 0.3) is 0 Å². The largest absolute Gasteiger partial charge is 0.505 e. The SMILES string of the molecule is Cc1cccncc(O)c2c(c1N(C)S(=O)(=O)NCc1ccccc1)CN(Cc1ccc(F)cc1)C2=O. The smallest absolute Gasteiger partial charge is 0.301 e. The molecule has 0 atom stereocenters. The highest BCUT2D eigenvalue weighted by Gasteiger charge is 2.34. The first-order valence-electron chi connectivity index (χ1n) is 11.5. The number of carbonyl (C=O) groups excluding carboxylic acids is 1. The van der Waals surface area contributed by atoms with Crippen LogP contribution in [-0.4, -0.2) is 36.4 Å². The zero-order valence-corrected chi connectivity index (χ0v) is 21.2. The summed E-state index contributed by atoms with van der Waals surface area (Å²) < 4.78 is 43.8. The van der Waals surface area contributed by atoms with Gasteiger partial charge in [0, 0.05) is 38.4 Å². The Morgan fingerprint density at radius 2 is 1.76 bits per heavy atom. The van der Waals surface area contributed by atoms with Gasteiger partial charge in [0.25, 0.3) is 5.91 Å². The molecule has 0 saturated heterocycles. The Hall–Kier alpha value is -4.02. The van der Waals surface area contributed by atoms with Crippen LogP contribution >= 0.6 is 0 Å². The minimum atomic E-state index is -4.04. The summed E-state index contributed by atoms with van der Waals surface area (Å²) in [5, 5.41) is 10.8. The van der Waals surface area contributed by atoms with Crippen LogP contribution in [0.4, 0.5) is 10.1 Å². The maximum absolute atomic E-state index is 13.4. The zero-order valence-electron chi connectivity index (χ0n) is 20.4. The van der Waals surface area contributed by atoms with E-state index in [1.54, 1.807) is 31.2 Å². The van der Waals surface area contributed by atoms with E-state index in [-0.39, 0.29) is 36.6 Å². The monoisotopic (exact) mass is 522 g/mol. The van der Waals surface area contributed by atoms with Gasteiger partial charge in [-0.15, -0.1) is 0 Å². The minimum Gasteiger partial charge on any atom is -0.505 e. The van der Waals surface area contributed by atoms with Gasteiger partial charge in [0.2, 0.25) is 0 Å². The number of nitrogens with one attached hydrogen (secondary N) is 1. The predicted molar refractivity (Wildman–Crippen MR) is 139 cm³/mol. The van der Waals surface area contributed by atoms with Crippen LogP contribution in [0.2, 0.25) is 0 Å². The lowest BCUT2D eigenvalue weighted by molar-refractivity contribution is 0.0764. The molecule has 0 spiro atoms. The molecule has 0 unspecified atom stereocenters. The van der Waals surface area contributed by atoms with Gasteiger partial charge in [-0.25, -0.2) is 4.39 Å². The van der Waals surface area contributed by atoms with Crippen molar-refractivity contribution in [1.82, 2.24) is 14.6 Å². The Kier molecular flexibility index (Phi) is 7.70. The number of aryl methyl sites for hydroxylation is 1. The van der Waals surface area contributed by atoms with Gasteiger partial charge in [-0.05, 0) is 41.8 Å². The molecule has 2 N–H and O–H groups in total. The molecule has 0 radical (unpaired) electrons. The second kappa shape index (κ2) is 10.9. The van der Waals surface area contributed by atoms with Crippen LogP contribution < -0.4 is 9.03 Å². The molecule has 0 saturated carbocycles. The summed E-state index contributed by atoms with van der Waals surface area (Å²) in [4.78, 5) is 18.9. The second-order valence-electron chi connectivity index (χ2n) is 8.62. The van der Waals surface area contributed by atoms with E-state index in [0.29, 0.717) is 16.7 Å². The average Bonchev–Trinajstić information content (AvgIpc) is 3.19. The quantitative estimate of drug-likeness (QED) is 0.489. The fourth-order valence-corrected chi connectivity index (χ4v) is 5.22. The molecule has 0 aliphatic carbocycles. The number of benzene rings is 2. The topological polar surface area (TPSA) is 103 Å². The number of carbonyl (C=O) groups is 1. The molecule has 1 amide bonds. The molecule has 1 aromatic heterocycles.